The van der Waals surface area contributed by atoms with E-state index in [4.69, 9.17) is 6.42 Å². The maximum atomic E-state index is 12.2. The molecule has 3 heteroatoms. The summed E-state index contributed by atoms with van der Waals surface area (Å²) >= 11 is 0. The topological polar surface area (TPSA) is 32.3 Å². The molecule has 0 radical (unpaired) electrons. The van der Waals surface area contributed by atoms with Crippen molar-refractivity contribution in [3.8, 4) is 12.3 Å². The van der Waals surface area contributed by atoms with E-state index in [0.29, 0.717) is 13.0 Å². The summed E-state index contributed by atoms with van der Waals surface area (Å²) in [6.45, 7) is 0.586. The molecule has 1 N–H and O–H groups in total. The number of nitrogens with one attached hydrogen (secondary N) is 1. The quantitative estimate of drug-likeness (QED) is 0.871. The molecular weight excluding hydrogens is 260 g/mol. The van der Waals surface area contributed by atoms with Gasteiger partial charge in [0.15, 0.2) is 0 Å². The molecule has 0 aromatic heterocycles. The molecule has 104 valence electrons. The number of benzene rings is 2. The summed E-state index contributed by atoms with van der Waals surface area (Å²) in [4.78, 5) is 13.9. The highest BCUT2D eigenvalue weighted by Gasteiger charge is 2.30. The number of terminal acetylenes is 1. The van der Waals surface area contributed by atoms with Gasteiger partial charge in [-0.2, -0.15) is 0 Å². The van der Waals surface area contributed by atoms with Gasteiger partial charge in [0.25, 0.3) is 0 Å². The molecule has 1 aliphatic rings. The van der Waals surface area contributed by atoms with E-state index in [1.807, 2.05) is 54.6 Å². The van der Waals surface area contributed by atoms with Crippen molar-refractivity contribution >= 4 is 23.0 Å². The normalized spacial score (nSPS) is 17.6. The smallest absolute Gasteiger partial charge is 0.228 e. The molecule has 1 saturated heterocycles. The van der Waals surface area contributed by atoms with Crippen molar-refractivity contribution in [2.24, 2.45) is 5.92 Å². The third-order valence-electron chi connectivity index (χ3n) is 3.61. The second-order valence-electron chi connectivity index (χ2n) is 5.08. The van der Waals surface area contributed by atoms with Gasteiger partial charge in [-0.3, -0.25) is 4.79 Å². The van der Waals surface area contributed by atoms with Crippen LogP contribution in [0.2, 0.25) is 0 Å². The maximum Gasteiger partial charge on any atom is 0.228 e. The van der Waals surface area contributed by atoms with Crippen LogP contribution in [0.25, 0.3) is 0 Å². The van der Waals surface area contributed by atoms with Gasteiger partial charge in [-0.15, -0.1) is 12.3 Å². The molecule has 21 heavy (non-hydrogen) atoms. The van der Waals surface area contributed by atoms with Crippen LogP contribution in [0.4, 0.5) is 17.1 Å². The molecule has 2 aromatic rings. The Bertz CT molecular complexity index is 688. The van der Waals surface area contributed by atoms with E-state index in [2.05, 4.69) is 11.2 Å². The van der Waals surface area contributed by atoms with E-state index in [0.717, 1.165) is 17.1 Å². The number of carbonyl (C=O) groups is 1. The van der Waals surface area contributed by atoms with Crippen molar-refractivity contribution in [1.29, 1.82) is 0 Å². The van der Waals surface area contributed by atoms with Crippen LogP contribution in [-0.4, -0.2) is 12.5 Å². The largest absolute Gasteiger partial charge is 0.354 e. The number of hydrogen-bond acceptors (Lipinski definition) is 2. The minimum atomic E-state index is 0.00211. The van der Waals surface area contributed by atoms with E-state index in [1.165, 1.54) is 0 Å². The van der Waals surface area contributed by atoms with Gasteiger partial charge in [0.05, 0.1) is 11.4 Å². The second kappa shape index (κ2) is 5.72. The Morgan fingerprint density at radius 1 is 1.10 bits per heavy atom. The Morgan fingerprint density at radius 2 is 1.81 bits per heavy atom. The first kappa shape index (κ1) is 13.3. The van der Waals surface area contributed by atoms with E-state index >= 15 is 0 Å². The van der Waals surface area contributed by atoms with Gasteiger partial charge in [0.1, 0.15) is 0 Å². The van der Waals surface area contributed by atoms with Gasteiger partial charge >= 0.3 is 0 Å². The van der Waals surface area contributed by atoms with Crippen LogP contribution >= 0.6 is 0 Å². The van der Waals surface area contributed by atoms with Crippen LogP contribution in [0.15, 0.2) is 54.6 Å². The molecule has 2 aromatic carbocycles. The predicted molar refractivity (Wildman–Crippen MR) is 85.5 cm³/mol. The zero-order valence-electron chi connectivity index (χ0n) is 11.6. The van der Waals surface area contributed by atoms with E-state index < -0.39 is 0 Å². The fraction of sp³-hybridized carbons (Fsp3) is 0.167. The fourth-order valence-corrected chi connectivity index (χ4v) is 2.54. The summed E-state index contributed by atoms with van der Waals surface area (Å²) in [5.74, 6) is 2.77. The monoisotopic (exact) mass is 276 g/mol. The third kappa shape index (κ3) is 2.75. The Labute approximate surface area is 124 Å². The second-order valence-corrected chi connectivity index (χ2v) is 5.08. The predicted octanol–water partition coefficient (Wildman–Crippen LogP) is 3.42. The van der Waals surface area contributed by atoms with Crippen molar-refractivity contribution in [2.75, 3.05) is 16.8 Å². The molecule has 1 unspecified atom stereocenters. The van der Waals surface area contributed by atoms with E-state index in [1.54, 1.807) is 4.90 Å². The van der Waals surface area contributed by atoms with Crippen molar-refractivity contribution in [1.82, 2.24) is 0 Å². The lowest BCUT2D eigenvalue weighted by Crippen LogP contribution is -2.25. The summed E-state index contributed by atoms with van der Waals surface area (Å²) in [5.41, 5.74) is 2.78. The first-order valence-corrected chi connectivity index (χ1v) is 6.95. The number of anilines is 3. The molecule has 3 nitrogen and oxygen atoms in total. The Balaban J connectivity index is 1.90. The fourth-order valence-electron chi connectivity index (χ4n) is 2.54. The number of rotatable bonds is 3. The zero-order valence-corrected chi connectivity index (χ0v) is 11.6. The van der Waals surface area contributed by atoms with Gasteiger partial charge in [-0.25, -0.2) is 0 Å². The number of para-hydroxylation sites is 3. The minimum Gasteiger partial charge on any atom is -0.354 e. The van der Waals surface area contributed by atoms with Crippen LogP contribution in [-0.2, 0) is 4.79 Å². The lowest BCUT2D eigenvalue weighted by Gasteiger charge is -2.20. The van der Waals surface area contributed by atoms with Gasteiger partial charge in [0.2, 0.25) is 5.91 Å². The average molecular weight is 276 g/mol. The van der Waals surface area contributed by atoms with E-state index in [-0.39, 0.29) is 11.8 Å². The number of carbonyl (C=O) groups excluding carboxylic acids is 1. The molecule has 1 amide bonds. The Hall–Kier alpha value is -2.73. The van der Waals surface area contributed by atoms with Gasteiger partial charge in [0, 0.05) is 24.6 Å². The molecular formula is C18H16N2O. The highest BCUT2D eigenvalue weighted by molar-refractivity contribution is 5.99. The molecule has 1 fully saturated rings. The summed E-state index contributed by atoms with van der Waals surface area (Å²) in [7, 11) is 0. The molecule has 1 heterocycles. The summed E-state index contributed by atoms with van der Waals surface area (Å²) in [6, 6.07) is 17.7. The van der Waals surface area contributed by atoms with Crippen molar-refractivity contribution in [2.45, 2.75) is 6.42 Å². The maximum absolute atomic E-state index is 12.2. The summed E-state index contributed by atoms with van der Waals surface area (Å²) < 4.78 is 0. The van der Waals surface area contributed by atoms with Gasteiger partial charge in [-0.1, -0.05) is 30.3 Å². The SMILES string of the molecule is C#CC1CC(=O)N(c2ccccc2Nc2ccccc2)C1. The molecule has 0 bridgehead atoms. The number of amides is 1. The number of nitrogens with zero attached hydrogens (tertiary/aromatic N) is 1. The van der Waals surface area contributed by atoms with Crippen LogP contribution in [0.3, 0.4) is 0 Å². The van der Waals surface area contributed by atoms with Gasteiger partial charge in [-0.05, 0) is 24.3 Å². The lowest BCUT2D eigenvalue weighted by atomic mass is 10.1. The van der Waals surface area contributed by atoms with E-state index in [9.17, 15) is 4.79 Å². The molecule has 0 aliphatic carbocycles. The molecule has 1 atom stereocenters. The number of hydrogen-bond donors (Lipinski definition) is 1. The first-order chi connectivity index (χ1) is 10.3. The molecule has 0 spiro atoms. The summed E-state index contributed by atoms with van der Waals surface area (Å²) in [6.07, 6.45) is 5.88. The highest BCUT2D eigenvalue weighted by atomic mass is 16.2. The van der Waals surface area contributed by atoms with Crippen molar-refractivity contribution in [3.63, 3.8) is 0 Å². The first-order valence-electron chi connectivity index (χ1n) is 6.95. The van der Waals surface area contributed by atoms with Gasteiger partial charge < -0.3 is 10.2 Å². The molecule has 3 rings (SSSR count). The van der Waals surface area contributed by atoms with Crippen LogP contribution < -0.4 is 10.2 Å². The Kier molecular flexibility index (Phi) is 3.61. The van der Waals surface area contributed by atoms with Crippen LogP contribution in [0, 0.1) is 18.3 Å². The summed E-state index contributed by atoms with van der Waals surface area (Å²) in [5, 5.41) is 3.36. The Morgan fingerprint density at radius 3 is 2.52 bits per heavy atom. The average Bonchev–Trinajstić information content (AvgIpc) is 2.90. The van der Waals surface area contributed by atoms with Crippen molar-refractivity contribution in [3.05, 3.63) is 54.6 Å². The standard InChI is InChI=1S/C18H16N2O/c1-2-14-12-18(21)20(13-14)17-11-7-6-10-16(17)19-15-8-4-3-5-9-15/h1,3-11,14,19H,12-13H2. The molecule has 0 saturated carbocycles. The molecule has 1 aliphatic heterocycles. The van der Waals surface area contributed by atoms with Crippen LogP contribution in [0.1, 0.15) is 6.42 Å². The van der Waals surface area contributed by atoms with Crippen molar-refractivity contribution < 1.29 is 4.79 Å². The minimum absolute atomic E-state index is 0.00211. The van der Waals surface area contributed by atoms with Crippen LogP contribution in [0.5, 0.6) is 0 Å². The zero-order chi connectivity index (χ0) is 14.7. The lowest BCUT2D eigenvalue weighted by molar-refractivity contribution is -0.117. The third-order valence-corrected chi connectivity index (χ3v) is 3.61. The highest BCUT2D eigenvalue weighted by Crippen LogP contribution is 2.32.